The van der Waals surface area contributed by atoms with Crippen LogP contribution >= 0.6 is 23.4 Å². The van der Waals surface area contributed by atoms with Gasteiger partial charge in [0.15, 0.2) is 5.82 Å². The molecule has 3 rings (SSSR count). The molecule has 0 radical (unpaired) electrons. The van der Waals surface area contributed by atoms with E-state index in [-0.39, 0.29) is 0 Å². The predicted molar refractivity (Wildman–Crippen MR) is 88.5 cm³/mol. The van der Waals surface area contributed by atoms with E-state index in [1.807, 2.05) is 14.0 Å². The van der Waals surface area contributed by atoms with Gasteiger partial charge in [-0.2, -0.15) is 5.10 Å². The van der Waals surface area contributed by atoms with Gasteiger partial charge < -0.3 is 5.84 Å². The summed E-state index contributed by atoms with van der Waals surface area (Å²) in [5.74, 6) is 8.25. The van der Waals surface area contributed by atoms with Crippen molar-refractivity contribution >= 4 is 23.4 Å². The Morgan fingerprint density at radius 2 is 2.00 bits per heavy atom. The molecule has 2 N–H and O–H groups in total. The maximum atomic E-state index is 6.26. The number of halogens is 1. The highest BCUT2D eigenvalue weighted by atomic mass is 35.5. The van der Waals surface area contributed by atoms with Gasteiger partial charge in [-0.3, -0.25) is 4.68 Å². The summed E-state index contributed by atoms with van der Waals surface area (Å²) in [5, 5.41) is 14.3. The molecule has 22 heavy (non-hydrogen) atoms. The summed E-state index contributed by atoms with van der Waals surface area (Å²) < 4.78 is 3.34. The maximum absolute atomic E-state index is 6.26. The van der Waals surface area contributed by atoms with Crippen molar-refractivity contribution in [3.63, 3.8) is 0 Å². The molecule has 1 saturated carbocycles. The number of thioether (sulfide) groups is 1. The number of aryl methyl sites for hydroxylation is 2. The molecule has 2 aromatic heterocycles. The first-order valence-corrected chi connectivity index (χ1v) is 8.95. The van der Waals surface area contributed by atoms with Gasteiger partial charge in [0.1, 0.15) is 5.15 Å². The quantitative estimate of drug-likeness (QED) is 0.684. The van der Waals surface area contributed by atoms with Gasteiger partial charge in [-0.25, -0.2) is 4.68 Å². The highest BCUT2D eigenvalue weighted by molar-refractivity contribution is 7.98. The van der Waals surface area contributed by atoms with Crippen LogP contribution in [0.4, 0.5) is 0 Å². The number of nitrogens with two attached hydrogens (primary N) is 1. The normalized spacial score (nSPS) is 16.3. The van der Waals surface area contributed by atoms with E-state index in [9.17, 15) is 0 Å². The smallest absolute Gasteiger partial charge is 0.210 e. The van der Waals surface area contributed by atoms with Crippen molar-refractivity contribution in [3.8, 4) is 0 Å². The molecule has 1 aliphatic carbocycles. The number of nitrogen functional groups attached to an aromatic ring is 1. The second-order valence-electron chi connectivity index (χ2n) is 5.81. The van der Waals surface area contributed by atoms with Crippen molar-refractivity contribution < 1.29 is 0 Å². The van der Waals surface area contributed by atoms with Gasteiger partial charge in [0.25, 0.3) is 0 Å². The minimum absolute atomic E-state index is 0.448. The Balaban J connectivity index is 1.72. The largest absolute Gasteiger partial charge is 0.336 e. The monoisotopic (exact) mass is 340 g/mol. The summed E-state index contributed by atoms with van der Waals surface area (Å²) in [6.07, 6.45) is 6.14. The van der Waals surface area contributed by atoms with Crippen molar-refractivity contribution in [2.24, 2.45) is 7.05 Å². The van der Waals surface area contributed by atoms with Crippen LogP contribution in [0.1, 0.15) is 55.1 Å². The molecule has 0 amide bonds. The molecular weight excluding hydrogens is 320 g/mol. The van der Waals surface area contributed by atoms with Crippen LogP contribution in [-0.4, -0.2) is 24.7 Å². The second kappa shape index (κ2) is 6.50. The van der Waals surface area contributed by atoms with Crippen LogP contribution in [0.2, 0.25) is 5.15 Å². The Labute approximate surface area is 139 Å². The fraction of sp³-hybridized carbons (Fsp3) is 0.643. The number of hydrogen-bond acceptors (Lipinski definition) is 5. The lowest BCUT2D eigenvalue weighted by Crippen LogP contribution is -2.18. The molecule has 8 heteroatoms. The molecule has 0 aromatic carbocycles. The Morgan fingerprint density at radius 3 is 2.64 bits per heavy atom. The van der Waals surface area contributed by atoms with Crippen molar-refractivity contribution in [3.05, 3.63) is 22.2 Å². The van der Waals surface area contributed by atoms with Gasteiger partial charge in [-0.15, -0.1) is 10.2 Å². The molecule has 0 atom stereocenters. The van der Waals surface area contributed by atoms with Crippen molar-refractivity contribution in [2.45, 2.75) is 55.9 Å². The summed E-state index contributed by atoms with van der Waals surface area (Å²) in [7, 11) is 1.84. The fourth-order valence-corrected chi connectivity index (χ4v) is 4.27. The maximum Gasteiger partial charge on any atom is 0.210 e. The number of rotatable bonds is 4. The summed E-state index contributed by atoms with van der Waals surface area (Å²) in [6, 6.07) is 0. The van der Waals surface area contributed by atoms with E-state index in [0.717, 1.165) is 35.1 Å². The van der Waals surface area contributed by atoms with Crippen LogP contribution in [0.15, 0.2) is 5.16 Å². The van der Waals surface area contributed by atoms with Gasteiger partial charge in [0, 0.05) is 24.3 Å². The van der Waals surface area contributed by atoms with E-state index < -0.39 is 0 Å². The first kappa shape index (κ1) is 15.7. The molecule has 1 fully saturated rings. The van der Waals surface area contributed by atoms with E-state index in [2.05, 4.69) is 15.3 Å². The Bertz CT molecular complexity index is 659. The summed E-state index contributed by atoms with van der Waals surface area (Å²) >= 11 is 7.81. The molecule has 0 aliphatic heterocycles. The Morgan fingerprint density at radius 1 is 1.27 bits per heavy atom. The Kier molecular flexibility index (Phi) is 4.63. The van der Waals surface area contributed by atoms with E-state index in [1.165, 1.54) is 19.3 Å². The predicted octanol–water partition coefficient (Wildman–Crippen LogP) is 3.03. The van der Waals surface area contributed by atoms with Gasteiger partial charge >= 0.3 is 0 Å². The molecule has 6 nitrogen and oxygen atoms in total. The van der Waals surface area contributed by atoms with Crippen molar-refractivity contribution in [1.82, 2.24) is 24.7 Å². The standard InChI is InChI=1S/C14H21ClN6S/c1-9-11(12(15)20(2)19-9)8-22-14-18-17-13(21(14)16)10-6-4-3-5-7-10/h10H,3-8,16H2,1-2H3. The molecule has 0 bridgehead atoms. The van der Waals surface area contributed by atoms with Gasteiger partial charge in [0.2, 0.25) is 5.16 Å². The summed E-state index contributed by atoms with van der Waals surface area (Å²) in [6.45, 7) is 1.96. The SMILES string of the molecule is Cc1nn(C)c(Cl)c1CSc1nnc(C2CCCCC2)n1N. The molecular formula is C14H21ClN6S. The zero-order chi connectivity index (χ0) is 15.7. The topological polar surface area (TPSA) is 74.5 Å². The molecule has 120 valence electrons. The highest BCUT2D eigenvalue weighted by Gasteiger charge is 2.23. The molecule has 0 unspecified atom stereocenters. The van der Waals surface area contributed by atoms with Crippen LogP contribution < -0.4 is 5.84 Å². The van der Waals surface area contributed by atoms with E-state index in [4.69, 9.17) is 17.4 Å². The first-order valence-electron chi connectivity index (χ1n) is 7.59. The number of hydrogen-bond donors (Lipinski definition) is 1. The lowest BCUT2D eigenvalue weighted by molar-refractivity contribution is 0.421. The number of aromatic nitrogens is 5. The highest BCUT2D eigenvalue weighted by Crippen LogP contribution is 2.33. The van der Waals surface area contributed by atoms with Crippen LogP contribution in [-0.2, 0) is 12.8 Å². The Hall–Kier alpha value is -1.21. The van der Waals surface area contributed by atoms with Crippen LogP contribution in [0, 0.1) is 6.92 Å². The third kappa shape index (κ3) is 2.96. The lowest BCUT2D eigenvalue weighted by Gasteiger charge is -2.20. The zero-order valence-electron chi connectivity index (χ0n) is 12.9. The third-order valence-electron chi connectivity index (χ3n) is 4.28. The fourth-order valence-electron chi connectivity index (χ4n) is 3.00. The molecule has 0 spiro atoms. The van der Waals surface area contributed by atoms with Crippen LogP contribution in [0.3, 0.4) is 0 Å². The second-order valence-corrected chi connectivity index (χ2v) is 7.11. The molecule has 2 aromatic rings. The van der Waals surface area contributed by atoms with Gasteiger partial charge in [-0.05, 0) is 19.8 Å². The van der Waals surface area contributed by atoms with Crippen LogP contribution in [0.5, 0.6) is 0 Å². The van der Waals surface area contributed by atoms with Crippen LogP contribution in [0.25, 0.3) is 0 Å². The lowest BCUT2D eigenvalue weighted by atomic mass is 9.89. The molecule has 2 heterocycles. The third-order valence-corrected chi connectivity index (χ3v) is 5.72. The number of nitrogens with zero attached hydrogens (tertiary/aromatic N) is 5. The van der Waals surface area contributed by atoms with Crippen molar-refractivity contribution in [1.29, 1.82) is 0 Å². The van der Waals surface area contributed by atoms with E-state index in [1.54, 1.807) is 21.1 Å². The summed E-state index contributed by atoms with van der Waals surface area (Å²) in [5.41, 5.74) is 1.96. The minimum atomic E-state index is 0.448. The summed E-state index contributed by atoms with van der Waals surface area (Å²) in [4.78, 5) is 0. The first-order chi connectivity index (χ1) is 10.6. The van der Waals surface area contributed by atoms with Crippen molar-refractivity contribution in [2.75, 3.05) is 5.84 Å². The van der Waals surface area contributed by atoms with E-state index in [0.29, 0.717) is 16.8 Å². The average Bonchev–Trinajstić information content (AvgIpc) is 2.99. The van der Waals surface area contributed by atoms with E-state index >= 15 is 0 Å². The average molecular weight is 341 g/mol. The van der Waals surface area contributed by atoms with Gasteiger partial charge in [0.05, 0.1) is 5.69 Å². The van der Waals surface area contributed by atoms with Gasteiger partial charge in [-0.1, -0.05) is 42.6 Å². The zero-order valence-corrected chi connectivity index (χ0v) is 14.5. The minimum Gasteiger partial charge on any atom is -0.336 e. The molecule has 1 aliphatic rings. The molecule has 0 saturated heterocycles.